The molecular formula is C20H21N3O5. The molecule has 1 aliphatic heterocycles. The predicted octanol–water partition coefficient (Wildman–Crippen LogP) is 2.30. The van der Waals surface area contributed by atoms with Crippen molar-refractivity contribution in [3.8, 4) is 0 Å². The van der Waals surface area contributed by atoms with Crippen LogP contribution in [-0.2, 0) is 14.3 Å². The van der Waals surface area contributed by atoms with Gasteiger partial charge in [-0.3, -0.25) is 0 Å². The average molecular weight is 383 g/mol. The molecule has 28 heavy (non-hydrogen) atoms. The number of carbonyl (C=O) groups excluding carboxylic acids is 3. The predicted molar refractivity (Wildman–Crippen MR) is 101 cm³/mol. The third-order valence-electron chi connectivity index (χ3n) is 4.30. The fourth-order valence-electron chi connectivity index (χ4n) is 2.97. The summed E-state index contributed by atoms with van der Waals surface area (Å²) < 4.78 is 10.4. The number of fused-ring (bicyclic) bond motifs is 1. The molecule has 146 valence electrons. The highest BCUT2D eigenvalue weighted by molar-refractivity contribution is 5.95. The molecule has 0 unspecified atom stereocenters. The van der Waals surface area contributed by atoms with E-state index in [1.54, 1.807) is 25.1 Å². The van der Waals surface area contributed by atoms with Crippen LogP contribution in [0.5, 0.6) is 0 Å². The van der Waals surface area contributed by atoms with Crippen LogP contribution in [0.4, 0.5) is 4.79 Å². The van der Waals surface area contributed by atoms with Gasteiger partial charge in [-0.1, -0.05) is 31.2 Å². The highest BCUT2D eigenvalue weighted by Crippen LogP contribution is 2.18. The van der Waals surface area contributed by atoms with E-state index in [4.69, 9.17) is 9.47 Å². The lowest BCUT2D eigenvalue weighted by atomic mass is 10.0. The zero-order valence-corrected chi connectivity index (χ0v) is 15.7. The van der Waals surface area contributed by atoms with Crippen LogP contribution in [0.15, 0.2) is 47.7 Å². The summed E-state index contributed by atoms with van der Waals surface area (Å²) in [5.74, 6) is -1.21. The molecule has 1 aromatic heterocycles. The van der Waals surface area contributed by atoms with Gasteiger partial charge >= 0.3 is 18.0 Å². The molecule has 2 heterocycles. The maximum Gasteiger partial charge on any atom is 0.357 e. The van der Waals surface area contributed by atoms with Crippen molar-refractivity contribution in [3.63, 3.8) is 0 Å². The fraction of sp³-hybridized carbons (Fsp3) is 0.300. The average Bonchev–Trinajstić information content (AvgIpc) is 2.71. The van der Waals surface area contributed by atoms with Crippen LogP contribution in [-0.4, -0.2) is 42.2 Å². The van der Waals surface area contributed by atoms with Crippen molar-refractivity contribution in [1.29, 1.82) is 0 Å². The van der Waals surface area contributed by atoms with E-state index in [0.29, 0.717) is 11.9 Å². The van der Waals surface area contributed by atoms with Crippen molar-refractivity contribution in [1.82, 2.24) is 15.6 Å². The summed E-state index contributed by atoms with van der Waals surface area (Å²) in [5, 5.41) is 6.11. The normalized spacial score (nSPS) is 16.4. The van der Waals surface area contributed by atoms with E-state index >= 15 is 0 Å². The summed E-state index contributed by atoms with van der Waals surface area (Å²) >= 11 is 0. The number of amides is 2. The summed E-state index contributed by atoms with van der Waals surface area (Å²) in [7, 11) is 0. The summed E-state index contributed by atoms with van der Waals surface area (Å²) in [6.07, 6.45) is 0.491. The van der Waals surface area contributed by atoms with Gasteiger partial charge in [-0.15, -0.1) is 0 Å². The van der Waals surface area contributed by atoms with Crippen LogP contribution in [0.3, 0.4) is 0 Å². The molecule has 0 radical (unpaired) electrons. The minimum atomic E-state index is -0.651. The lowest BCUT2D eigenvalue weighted by Crippen LogP contribution is -2.51. The van der Waals surface area contributed by atoms with Gasteiger partial charge in [-0.2, -0.15) is 0 Å². The van der Waals surface area contributed by atoms with Crippen molar-refractivity contribution >= 4 is 28.9 Å². The van der Waals surface area contributed by atoms with Crippen molar-refractivity contribution < 1.29 is 23.9 Å². The molecule has 2 aromatic rings. The Kier molecular flexibility index (Phi) is 5.88. The number of urea groups is 1. The van der Waals surface area contributed by atoms with Crippen LogP contribution < -0.4 is 10.6 Å². The summed E-state index contributed by atoms with van der Waals surface area (Å²) in [6.45, 7) is 3.45. The van der Waals surface area contributed by atoms with Gasteiger partial charge in [0, 0.05) is 5.39 Å². The molecule has 1 aliphatic rings. The third-order valence-corrected chi connectivity index (χ3v) is 4.30. The first-order valence-electron chi connectivity index (χ1n) is 9.04. The number of rotatable bonds is 6. The van der Waals surface area contributed by atoms with E-state index in [1.807, 2.05) is 25.1 Å². The summed E-state index contributed by atoms with van der Waals surface area (Å²) in [5.41, 5.74) is 1.28. The highest BCUT2D eigenvalue weighted by Gasteiger charge is 2.32. The van der Waals surface area contributed by atoms with Gasteiger partial charge in [0.25, 0.3) is 0 Å². The zero-order valence-electron chi connectivity index (χ0n) is 15.7. The van der Waals surface area contributed by atoms with E-state index in [0.717, 1.165) is 5.39 Å². The first-order chi connectivity index (χ1) is 13.5. The van der Waals surface area contributed by atoms with E-state index < -0.39 is 24.0 Å². The molecule has 3 rings (SSSR count). The molecule has 8 heteroatoms. The Hall–Kier alpha value is -3.42. The van der Waals surface area contributed by atoms with Gasteiger partial charge in [0.1, 0.15) is 12.3 Å². The molecule has 0 bridgehead atoms. The summed E-state index contributed by atoms with van der Waals surface area (Å²) in [4.78, 5) is 40.9. The molecule has 0 aliphatic carbocycles. The Morgan fingerprint density at radius 1 is 1.07 bits per heavy atom. The second-order valence-corrected chi connectivity index (χ2v) is 6.14. The van der Waals surface area contributed by atoms with Gasteiger partial charge < -0.3 is 20.1 Å². The fourth-order valence-corrected chi connectivity index (χ4v) is 2.97. The standard InChI is InChI=1S/C20H21N3O5/c1-3-13-17(19(25)27-4-2)16(23-20(26)22-13)11-28-18(24)15-10-9-12-7-5-6-8-14(12)21-15/h5-10,13H,3-4,11H2,1-2H3,(H2,22,23,26)/t13-/m0/s1. The number of pyridine rings is 1. The number of nitrogens with zero attached hydrogens (tertiary/aromatic N) is 1. The Balaban J connectivity index is 1.81. The number of ether oxygens (including phenoxy) is 2. The molecule has 2 N–H and O–H groups in total. The van der Waals surface area contributed by atoms with Gasteiger partial charge in [0.15, 0.2) is 0 Å². The number of aromatic nitrogens is 1. The van der Waals surface area contributed by atoms with Crippen LogP contribution in [0.1, 0.15) is 30.8 Å². The third kappa shape index (κ3) is 4.11. The number of nitrogens with one attached hydrogen (secondary N) is 2. The first-order valence-corrected chi connectivity index (χ1v) is 9.04. The molecule has 0 saturated carbocycles. The highest BCUT2D eigenvalue weighted by atomic mass is 16.5. The quantitative estimate of drug-likeness (QED) is 0.742. The number of carbonyl (C=O) groups is 3. The summed E-state index contributed by atoms with van der Waals surface area (Å²) in [6, 6.07) is 9.78. The topological polar surface area (TPSA) is 107 Å². The Morgan fingerprint density at radius 2 is 1.86 bits per heavy atom. The second-order valence-electron chi connectivity index (χ2n) is 6.14. The van der Waals surface area contributed by atoms with Crippen molar-refractivity contribution in [3.05, 3.63) is 53.4 Å². The monoisotopic (exact) mass is 383 g/mol. The van der Waals surface area contributed by atoms with Crippen molar-refractivity contribution in [2.24, 2.45) is 0 Å². The number of hydrogen-bond acceptors (Lipinski definition) is 6. The van der Waals surface area contributed by atoms with Gasteiger partial charge in [-0.05, 0) is 25.5 Å². The van der Waals surface area contributed by atoms with E-state index in [-0.39, 0.29) is 30.2 Å². The number of para-hydroxylation sites is 1. The van der Waals surface area contributed by atoms with Gasteiger partial charge in [0.05, 0.1) is 29.4 Å². The molecule has 0 fully saturated rings. The van der Waals surface area contributed by atoms with E-state index in [2.05, 4.69) is 15.6 Å². The van der Waals surface area contributed by atoms with Crippen LogP contribution in [0.25, 0.3) is 10.9 Å². The molecule has 1 atom stereocenters. The lowest BCUT2D eigenvalue weighted by molar-refractivity contribution is -0.139. The minimum Gasteiger partial charge on any atom is -0.463 e. The Morgan fingerprint density at radius 3 is 2.61 bits per heavy atom. The molecule has 0 saturated heterocycles. The molecule has 2 amide bonds. The van der Waals surface area contributed by atoms with Crippen LogP contribution >= 0.6 is 0 Å². The Labute approximate surface area is 161 Å². The van der Waals surface area contributed by atoms with Crippen molar-refractivity contribution in [2.45, 2.75) is 26.3 Å². The maximum absolute atomic E-state index is 12.4. The zero-order chi connectivity index (χ0) is 20.1. The van der Waals surface area contributed by atoms with E-state index in [9.17, 15) is 14.4 Å². The molecule has 0 spiro atoms. The van der Waals surface area contributed by atoms with Crippen LogP contribution in [0.2, 0.25) is 0 Å². The molecular weight excluding hydrogens is 362 g/mol. The molecule has 8 nitrogen and oxygen atoms in total. The Bertz CT molecular complexity index is 954. The van der Waals surface area contributed by atoms with Crippen LogP contribution in [0, 0.1) is 0 Å². The smallest absolute Gasteiger partial charge is 0.357 e. The lowest BCUT2D eigenvalue weighted by Gasteiger charge is -2.28. The SMILES string of the molecule is CCOC(=O)C1=C(COC(=O)c2ccc3ccccc3n2)NC(=O)N[C@H]1CC. The minimum absolute atomic E-state index is 0.143. The number of esters is 2. The van der Waals surface area contributed by atoms with E-state index in [1.165, 1.54) is 0 Å². The van der Waals surface area contributed by atoms with Gasteiger partial charge in [-0.25, -0.2) is 19.4 Å². The number of hydrogen-bond donors (Lipinski definition) is 2. The largest absolute Gasteiger partial charge is 0.463 e. The first kappa shape index (κ1) is 19.3. The number of benzene rings is 1. The van der Waals surface area contributed by atoms with Crippen molar-refractivity contribution in [2.75, 3.05) is 13.2 Å². The second kappa shape index (κ2) is 8.51. The van der Waals surface area contributed by atoms with Gasteiger partial charge in [0.2, 0.25) is 0 Å². The molecule has 1 aromatic carbocycles. The maximum atomic E-state index is 12.4.